The number of hydrogen-bond donors (Lipinski definition) is 2. The Labute approximate surface area is 133 Å². The molecule has 124 valence electrons. The maximum absolute atomic E-state index is 12.8. The third-order valence-electron chi connectivity index (χ3n) is 8.38. The number of Topliss-reactive ketones (excluding diaryl/α,β-unsaturated/α-hetero) is 1. The zero-order valence-electron chi connectivity index (χ0n) is 13.9. The van der Waals surface area contributed by atoms with Crippen molar-refractivity contribution in [1.29, 1.82) is 0 Å². The predicted octanol–water partition coefficient (Wildman–Crippen LogP) is 2.93. The molecule has 3 heteroatoms. The summed E-state index contributed by atoms with van der Waals surface area (Å²) < 4.78 is 0. The summed E-state index contributed by atoms with van der Waals surface area (Å²) in [5.74, 6) is 2.09. The third-order valence-corrected chi connectivity index (χ3v) is 8.38. The van der Waals surface area contributed by atoms with Gasteiger partial charge in [0.1, 0.15) is 5.78 Å². The Balaban J connectivity index is 1.68. The standard InChI is InChI=1S/C19H30O3/c1-18-7-5-11(20)9-15(18)16(21)10-12-13-3-4-17(22)19(13,2)8-6-14(12)18/h11-15,17,20,22H,3-10H2,1-2H3/t11-,12+,13+,14+,15-,17+,18-,19+/m1/s1. The molecule has 0 amide bonds. The van der Waals surface area contributed by atoms with E-state index in [-0.39, 0.29) is 29.0 Å². The van der Waals surface area contributed by atoms with E-state index in [0.29, 0.717) is 36.4 Å². The molecule has 4 saturated carbocycles. The molecule has 4 aliphatic carbocycles. The van der Waals surface area contributed by atoms with Crippen LogP contribution in [0.4, 0.5) is 0 Å². The van der Waals surface area contributed by atoms with Gasteiger partial charge in [0.2, 0.25) is 0 Å². The number of carbonyl (C=O) groups is 1. The van der Waals surface area contributed by atoms with Crippen LogP contribution in [-0.2, 0) is 4.79 Å². The topological polar surface area (TPSA) is 57.5 Å². The number of aliphatic hydroxyl groups is 2. The van der Waals surface area contributed by atoms with Crippen LogP contribution in [-0.4, -0.2) is 28.2 Å². The molecular formula is C19H30O3. The lowest BCUT2D eigenvalue weighted by Crippen LogP contribution is -2.57. The molecule has 4 rings (SSSR count). The zero-order chi connectivity index (χ0) is 15.7. The Kier molecular flexibility index (Phi) is 3.30. The number of rotatable bonds is 0. The van der Waals surface area contributed by atoms with Gasteiger partial charge < -0.3 is 10.2 Å². The van der Waals surface area contributed by atoms with Gasteiger partial charge in [0.25, 0.3) is 0 Å². The van der Waals surface area contributed by atoms with Crippen molar-refractivity contribution in [2.75, 3.05) is 0 Å². The molecule has 22 heavy (non-hydrogen) atoms. The van der Waals surface area contributed by atoms with Gasteiger partial charge in [-0.05, 0) is 73.5 Å². The molecule has 0 aromatic rings. The minimum atomic E-state index is -0.277. The number of fused-ring (bicyclic) bond motifs is 5. The second-order valence-corrected chi connectivity index (χ2v) is 9.17. The van der Waals surface area contributed by atoms with Crippen LogP contribution in [0.3, 0.4) is 0 Å². The van der Waals surface area contributed by atoms with Crippen LogP contribution in [0.15, 0.2) is 0 Å². The van der Waals surface area contributed by atoms with E-state index in [9.17, 15) is 15.0 Å². The predicted molar refractivity (Wildman–Crippen MR) is 84.1 cm³/mol. The lowest BCUT2D eigenvalue weighted by atomic mass is 9.45. The summed E-state index contributed by atoms with van der Waals surface area (Å²) in [5.41, 5.74) is 0.132. The van der Waals surface area contributed by atoms with Gasteiger partial charge in [0, 0.05) is 12.3 Å². The molecule has 4 fully saturated rings. The minimum Gasteiger partial charge on any atom is -0.393 e. The monoisotopic (exact) mass is 306 g/mol. The van der Waals surface area contributed by atoms with E-state index < -0.39 is 0 Å². The molecule has 0 bridgehead atoms. The number of ketones is 1. The van der Waals surface area contributed by atoms with Gasteiger partial charge in [0.15, 0.2) is 0 Å². The number of aliphatic hydroxyl groups excluding tert-OH is 2. The molecule has 3 nitrogen and oxygen atoms in total. The maximum Gasteiger partial charge on any atom is 0.136 e. The van der Waals surface area contributed by atoms with Crippen molar-refractivity contribution in [3.8, 4) is 0 Å². The van der Waals surface area contributed by atoms with Gasteiger partial charge in [-0.15, -0.1) is 0 Å². The van der Waals surface area contributed by atoms with Gasteiger partial charge in [-0.1, -0.05) is 13.8 Å². The Hall–Kier alpha value is -0.410. The van der Waals surface area contributed by atoms with Crippen LogP contribution >= 0.6 is 0 Å². The SMILES string of the molecule is C[C@]12CC[C@@H](O)C[C@@H]1C(=O)C[C@@H]1[C@@H]2CC[C@]2(C)[C@@H](O)CC[C@@H]12. The highest BCUT2D eigenvalue weighted by Gasteiger charge is 2.61. The summed E-state index contributed by atoms with van der Waals surface area (Å²) in [7, 11) is 0. The van der Waals surface area contributed by atoms with Crippen LogP contribution < -0.4 is 0 Å². The van der Waals surface area contributed by atoms with Crippen molar-refractivity contribution in [2.24, 2.45) is 34.5 Å². The van der Waals surface area contributed by atoms with E-state index in [1.54, 1.807) is 0 Å². The van der Waals surface area contributed by atoms with Gasteiger partial charge in [-0.25, -0.2) is 0 Å². The highest BCUT2D eigenvalue weighted by molar-refractivity contribution is 5.83. The first kappa shape index (κ1) is 15.1. The van der Waals surface area contributed by atoms with Crippen LogP contribution in [0.5, 0.6) is 0 Å². The van der Waals surface area contributed by atoms with Crippen molar-refractivity contribution in [2.45, 2.75) is 77.4 Å². The molecule has 0 aromatic heterocycles. The fraction of sp³-hybridized carbons (Fsp3) is 0.947. The zero-order valence-corrected chi connectivity index (χ0v) is 13.9. The highest BCUT2D eigenvalue weighted by Crippen LogP contribution is 2.65. The highest BCUT2D eigenvalue weighted by atomic mass is 16.3. The van der Waals surface area contributed by atoms with Crippen molar-refractivity contribution in [3.63, 3.8) is 0 Å². The van der Waals surface area contributed by atoms with E-state index >= 15 is 0 Å². The average molecular weight is 306 g/mol. The second kappa shape index (κ2) is 4.80. The first-order chi connectivity index (χ1) is 10.4. The maximum atomic E-state index is 12.8. The first-order valence-electron chi connectivity index (χ1n) is 9.25. The van der Waals surface area contributed by atoms with E-state index in [2.05, 4.69) is 13.8 Å². The Morgan fingerprint density at radius 2 is 1.64 bits per heavy atom. The number of hydrogen-bond acceptors (Lipinski definition) is 3. The Morgan fingerprint density at radius 1 is 0.955 bits per heavy atom. The van der Waals surface area contributed by atoms with Gasteiger partial charge in [-0.2, -0.15) is 0 Å². The van der Waals surface area contributed by atoms with Gasteiger partial charge in [0.05, 0.1) is 12.2 Å². The van der Waals surface area contributed by atoms with Crippen LogP contribution in [0.25, 0.3) is 0 Å². The quantitative estimate of drug-likeness (QED) is 0.723. The summed E-state index contributed by atoms with van der Waals surface area (Å²) in [6.07, 6.45) is 7.06. The summed E-state index contributed by atoms with van der Waals surface area (Å²) >= 11 is 0. The number of carbonyl (C=O) groups excluding carboxylic acids is 1. The molecule has 0 aliphatic heterocycles. The molecule has 2 N–H and O–H groups in total. The molecule has 0 heterocycles. The van der Waals surface area contributed by atoms with Gasteiger partial charge in [-0.3, -0.25) is 4.79 Å². The summed E-state index contributed by atoms with van der Waals surface area (Å²) in [6.45, 7) is 4.58. The second-order valence-electron chi connectivity index (χ2n) is 9.17. The van der Waals surface area contributed by atoms with Crippen LogP contribution in [0.1, 0.15) is 65.2 Å². The molecule has 0 radical (unpaired) electrons. The lowest BCUT2D eigenvalue weighted by molar-refractivity contribution is -0.161. The Morgan fingerprint density at radius 3 is 2.41 bits per heavy atom. The average Bonchev–Trinajstić information content (AvgIpc) is 2.77. The van der Waals surface area contributed by atoms with E-state index in [1.807, 2.05) is 0 Å². The molecule has 4 aliphatic rings. The fourth-order valence-corrected chi connectivity index (χ4v) is 6.99. The Bertz CT molecular complexity index is 489. The molecule has 0 unspecified atom stereocenters. The smallest absolute Gasteiger partial charge is 0.136 e. The molecule has 0 saturated heterocycles. The summed E-state index contributed by atoms with van der Waals surface area (Å²) in [4.78, 5) is 12.8. The molecular weight excluding hydrogens is 276 g/mol. The third kappa shape index (κ3) is 1.84. The summed E-state index contributed by atoms with van der Waals surface area (Å²) in [6, 6.07) is 0. The lowest BCUT2D eigenvalue weighted by Gasteiger charge is -2.59. The van der Waals surface area contributed by atoms with Crippen LogP contribution in [0, 0.1) is 34.5 Å². The minimum absolute atomic E-state index is 0.0405. The van der Waals surface area contributed by atoms with Gasteiger partial charge >= 0.3 is 0 Å². The normalized spacial score (nSPS) is 57.9. The largest absolute Gasteiger partial charge is 0.393 e. The van der Waals surface area contributed by atoms with Crippen molar-refractivity contribution in [3.05, 3.63) is 0 Å². The van der Waals surface area contributed by atoms with E-state index in [1.165, 1.54) is 0 Å². The summed E-state index contributed by atoms with van der Waals surface area (Å²) in [5, 5.41) is 20.5. The molecule has 0 spiro atoms. The van der Waals surface area contributed by atoms with E-state index in [0.717, 1.165) is 38.5 Å². The fourth-order valence-electron chi connectivity index (χ4n) is 6.99. The molecule has 0 aromatic carbocycles. The first-order valence-corrected chi connectivity index (χ1v) is 9.25. The van der Waals surface area contributed by atoms with Crippen molar-refractivity contribution >= 4 is 5.78 Å². The van der Waals surface area contributed by atoms with E-state index in [4.69, 9.17) is 0 Å². The van der Waals surface area contributed by atoms with Crippen LogP contribution in [0.2, 0.25) is 0 Å². The molecule has 8 atom stereocenters. The van der Waals surface area contributed by atoms with Crippen molar-refractivity contribution < 1.29 is 15.0 Å². The van der Waals surface area contributed by atoms with Crippen molar-refractivity contribution in [1.82, 2.24) is 0 Å².